The Labute approximate surface area is 131 Å². The predicted octanol–water partition coefficient (Wildman–Crippen LogP) is 2.60. The van der Waals surface area contributed by atoms with Gasteiger partial charge in [0.2, 0.25) is 5.91 Å². The topological polar surface area (TPSA) is 43.3 Å². The van der Waals surface area contributed by atoms with Gasteiger partial charge in [0.05, 0.1) is 6.61 Å². The van der Waals surface area contributed by atoms with Gasteiger partial charge in [-0.1, -0.05) is 12.1 Å². The molecule has 0 saturated carbocycles. The molecule has 0 spiro atoms. The van der Waals surface area contributed by atoms with Gasteiger partial charge < -0.3 is 14.6 Å². The lowest BCUT2D eigenvalue weighted by Gasteiger charge is -2.18. The highest BCUT2D eigenvalue weighted by molar-refractivity contribution is 5.76. The molecule has 1 aliphatic rings. The molecule has 4 nitrogen and oxygen atoms in total. The summed E-state index contributed by atoms with van der Waals surface area (Å²) in [4.78, 5) is 12.0. The summed E-state index contributed by atoms with van der Waals surface area (Å²) in [7, 11) is 2.00. The number of fused-ring (bicyclic) bond motifs is 1. The van der Waals surface area contributed by atoms with Crippen LogP contribution in [-0.2, 0) is 31.2 Å². The number of nitrogens with zero attached hydrogens (tertiary/aromatic N) is 1. The van der Waals surface area contributed by atoms with Crippen LogP contribution in [-0.4, -0.2) is 17.1 Å². The standard InChI is InChI=1S/C18H22N2O2/c1-20-10-2-5-16(20)7-9-18(21)19-13-14-6-8-17-15(12-14)4-3-11-22-17/h2,5-6,8,10,12H,3-4,7,9,11,13H2,1H3,(H,19,21). The maximum absolute atomic E-state index is 12.0. The quantitative estimate of drug-likeness (QED) is 0.922. The molecule has 3 rings (SSSR count). The van der Waals surface area contributed by atoms with E-state index in [-0.39, 0.29) is 5.91 Å². The predicted molar refractivity (Wildman–Crippen MR) is 85.8 cm³/mol. The molecule has 1 aliphatic heterocycles. The van der Waals surface area contributed by atoms with Crippen LogP contribution in [0.4, 0.5) is 0 Å². The summed E-state index contributed by atoms with van der Waals surface area (Å²) >= 11 is 0. The van der Waals surface area contributed by atoms with Crippen molar-refractivity contribution in [1.82, 2.24) is 9.88 Å². The van der Waals surface area contributed by atoms with Crippen molar-refractivity contribution in [3.05, 3.63) is 53.3 Å². The van der Waals surface area contributed by atoms with Crippen molar-refractivity contribution in [2.45, 2.75) is 32.2 Å². The first-order valence-corrected chi connectivity index (χ1v) is 7.84. The third-order valence-electron chi connectivity index (χ3n) is 4.12. The monoisotopic (exact) mass is 298 g/mol. The summed E-state index contributed by atoms with van der Waals surface area (Å²) in [5.41, 5.74) is 3.57. The molecular formula is C18H22N2O2. The van der Waals surface area contributed by atoms with Crippen LogP contribution in [0.25, 0.3) is 0 Å². The first-order chi connectivity index (χ1) is 10.7. The van der Waals surface area contributed by atoms with Gasteiger partial charge in [-0.05, 0) is 48.6 Å². The summed E-state index contributed by atoms with van der Waals surface area (Å²) < 4.78 is 7.66. The normalized spacial score (nSPS) is 13.3. The zero-order valence-corrected chi connectivity index (χ0v) is 13.0. The minimum Gasteiger partial charge on any atom is -0.493 e. The van der Waals surface area contributed by atoms with E-state index in [1.54, 1.807) is 0 Å². The maximum atomic E-state index is 12.0. The Morgan fingerprint density at radius 3 is 3.09 bits per heavy atom. The van der Waals surface area contributed by atoms with Gasteiger partial charge in [-0.2, -0.15) is 0 Å². The third kappa shape index (κ3) is 3.50. The van der Waals surface area contributed by atoms with Crippen molar-refractivity contribution in [1.29, 1.82) is 0 Å². The lowest BCUT2D eigenvalue weighted by Crippen LogP contribution is -2.23. The largest absolute Gasteiger partial charge is 0.493 e. The Bertz CT molecular complexity index is 661. The van der Waals surface area contributed by atoms with E-state index in [2.05, 4.69) is 22.0 Å². The van der Waals surface area contributed by atoms with Crippen molar-refractivity contribution in [3.8, 4) is 5.75 Å². The van der Waals surface area contributed by atoms with Crippen LogP contribution >= 0.6 is 0 Å². The number of hydrogen-bond acceptors (Lipinski definition) is 2. The van der Waals surface area contributed by atoms with Crippen molar-refractivity contribution in [3.63, 3.8) is 0 Å². The fourth-order valence-electron chi connectivity index (χ4n) is 2.81. The van der Waals surface area contributed by atoms with E-state index in [0.29, 0.717) is 13.0 Å². The molecule has 1 aromatic carbocycles. The van der Waals surface area contributed by atoms with Crippen molar-refractivity contribution < 1.29 is 9.53 Å². The van der Waals surface area contributed by atoms with E-state index in [1.165, 1.54) is 11.3 Å². The second kappa shape index (κ2) is 6.69. The van der Waals surface area contributed by atoms with E-state index in [0.717, 1.165) is 37.2 Å². The molecule has 0 radical (unpaired) electrons. The fourth-order valence-corrected chi connectivity index (χ4v) is 2.81. The minimum absolute atomic E-state index is 0.0928. The average molecular weight is 298 g/mol. The summed E-state index contributed by atoms with van der Waals surface area (Å²) in [6.45, 7) is 1.39. The number of nitrogens with one attached hydrogen (secondary N) is 1. The Morgan fingerprint density at radius 2 is 2.27 bits per heavy atom. The molecule has 116 valence electrons. The highest BCUT2D eigenvalue weighted by Gasteiger charge is 2.11. The summed E-state index contributed by atoms with van der Waals surface area (Å²) in [6.07, 6.45) is 5.42. The van der Waals surface area contributed by atoms with Crippen molar-refractivity contribution in [2.24, 2.45) is 7.05 Å². The number of ether oxygens (including phenoxy) is 1. The molecule has 0 atom stereocenters. The fraction of sp³-hybridized carbons (Fsp3) is 0.389. The zero-order valence-electron chi connectivity index (χ0n) is 13.0. The molecule has 2 heterocycles. The summed E-state index contributed by atoms with van der Waals surface area (Å²) in [6, 6.07) is 10.2. The molecular weight excluding hydrogens is 276 g/mol. The van der Waals surface area contributed by atoms with Crippen molar-refractivity contribution >= 4 is 5.91 Å². The molecule has 0 bridgehead atoms. The molecule has 1 amide bonds. The molecule has 22 heavy (non-hydrogen) atoms. The Morgan fingerprint density at radius 1 is 1.36 bits per heavy atom. The van der Waals surface area contributed by atoms with Crippen LogP contribution in [0.3, 0.4) is 0 Å². The minimum atomic E-state index is 0.0928. The van der Waals surface area contributed by atoms with Gasteiger partial charge in [0, 0.05) is 31.9 Å². The molecule has 0 saturated heterocycles. The number of amides is 1. The van der Waals surface area contributed by atoms with E-state index in [4.69, 9.17) is 4.74 Å². The molecule has 1 aromatic heterocycles. The number of rotatable bonds is 5. The Hall–Kier alpha value is -2.23. The van der Waals surface area contributed by atoms with Gasteiger partial charge in [-0.15, -0.1) is 0 Å². The smallest absolute Gasteiger partial charge is 0.220 e. The van der Waals surface area contributed by atoms with Gasteiger partial charge in [0.15, 0.2) is 0 Å². The average Bonchev–Trinajstić information content (AvgIpc) is 2.96. The number of carbonyl (C=O) groups is 1. The SMILES string of the molecule is Cn1cccc1CCC(=O)NCc1ccc2c(c1)CCCO2. The van der Waals surface area contributed by atoms with E-state index in [9.17, 15) is 4.79 Å². The lowest BCUT2D eigenvalue weighted by molar-refractivity contribution is -0.121. The van der Waals surface area contributed by atoms with Gasteiger partial charge in [0.1, 0.15) is 5.75 Å². The van der Waals surface area contributed by atoms with Crippen LogP contribution < -0.4 is 10.1 Å². The lowest BCUT2D eigenvalue weighted by atomic mass is 10.0. The van der Waals surface area contributed by atoms with Crippen LogP contribution in [0, 0.1) is 0 Å². The van der Waals surface area contributed by atoms with Crippen LogP contribution in [0.5, 0.6) is 5.75 Å². The van der Waals surface area contributed by atoms with E-state index < -0.39 is 0 Å². The number of hydrogen-bond donors (Lipinski definition) is 1. The van der Waals surface area contributed by atoms with Gasteiger partial charge in [0.25, 0.3) is 0 Å². The molecule has 4 heteroatoms. The van der Waals surface area contributed by atoms with Gasteiger partial charge >= 0.3 is 0 Å². The number of aromatic nitrogens is 1. The van der Waals surface area contributed by atoms with Crippen LogP contribution in [0.2, 0.25) is 0 Å². The molecule has 1 N–H and O–H groups in total. The van der Waals surface area contributed by atoms with E-state index >= 15 is 0 Å². The summed E-state index contributed by atoms with van der Waals surface area (Å²) in [5, 5.41) is 3.00. The maximum Gasteiger partial charge on any atom is 0.220 e. The van der Waals surface area contributed by atoms with Crippen molar-refractivity contribution in [2.75, 3.05) is 6.61 Å². The number of benzene rings is 1. The van der Waals surface area contributed by atoms with Crippen LogP contribution in [0.1, 0.15) is 29.7 Å². The Balaban J connectivity index is 1.49. The molecule has 0 aliphatic carbocycles. The highest BCUT2D eigenvalue weighted by Crippen LogP contribution is 2.25. The first kappa shape index (κ1) is 14.7. The van der Waals surface area contributed by atoms with Crippen LogP contribution in [0.15, 0.2) is 36.5 Å². The zero-order chi connectivity index (χ0) is 15.4. The molecule has 0 unspecified atom stereocenters. The summed E-state index contributed by atoms with van der Waals surface area (Å²) in [5.74, 6) is 1.08. The van der Waals surface area contributed by atoms with E-state index in [1.807, 2.05) is 31.4 Å². The second-order valence-electron chi connectivity index (χ2n) is 5.78. The molecule has 0 fully saturated rings. The highest BCUT2D eigenvalue weighted by atomic mass is 16.5. The Kier molecular flexibility index (Phi) is 4.47. The van der Waals surface area contributed by atoms with Gasteiger partial charge in [-0.25, -0.2) is 0 Å². The third-order valence-corrected chi connectivity index (χ3v) is 4.12. The first-order valence-electron chi connectivity index (χ1n) is 7.84. The van der Waals surface area contributed by atoms with Gasteiger partial charge in [-0.3, -0.25) is 4.79 Å². The second-order valence-corrected chi connectivity index (χ2v) is 5.78. The molecule has 2 aromatic rings. The number of aryl methyl sites for hydroxylation is 3. The number of carbonyl (C=O) groups excluding carboxylic acids is 1.